The number of carbonyl (C=O) groups is 1. The van der Waals surface area contributed by atoms with E-state index in [2.05, 4.69) is 0 Å². The molecule has 0 spiro atoms. The average molecular weight is 220 g/mol. The molecule has 0 aromatic heterocycles. The Bertz CT molecular complexity index is 367. The molecule has 0 saturated carbocycles. The van der Waals surface area contributed by atoms with Crippen LogP contribution in [-0.2, 0) is 9.47 Å². The Morgan fingerprint density at radius 2 is 2.38 bits per heavy atom. The molecule has 1 aliphatic heterocycles. The van der Waals surface area contributed by atoms with Crippen molar-refractivity contribution in [2.75, 3.05) is 20.3 Å². The van der Waals surface area contributed by atoms with Crippen LogP contribution in [0.5, 0.6) is 0 Å². The summed E-state index contributed by atoms with van der Waals surface area (Å²) in [5.74, 6) is 0.136. The lowest BCUT2D eigenvalue weighted by Crippen LogP contribution is -2.16. The molecule has 3 heteroatoms. The summed E-state index contributed by atoms with van der Waals surface area (Å²) in [4.78, 5) is 11.4. The van der Waals surface area contributed by atoms with Gasteiger partial charge in [-0.2, -0.15) is 0 Å². The third-order valence-electron chi connectivity index (χ3n) is 2.94. The maximum atomic E-state index is 11.4. The predicted octanol–water partition coefficient (Wildman–Crippen LogP) is 2.37. The van der Waals surface area contributed by atoms with E-state index in [1.807, 2.05) is 18.2 Å². The Labute approximate surface area is 95.4 Å². The second-order valence-electron chi connectivity index (χ2n) is 4.03. The number of benzene rings is 1. The van der Waals surface area contributed by atoms with Gasteiger partial charge in [-0.3, -0.25) is 0 Å². The SMILES string of the molecule is COC(=O)c1cccc(C2CCCOC2)c1. The fourth-order valence-corrected chi connectivity index (χ4v) is 2.04. The van der Waals surface area contributed by atoms with E-state index in [-0.39, 0.29) is 5.97 Å². The first-order valence-electron chi connectivity index (χ1n) is 5.57. The van der Waals surface area contributed by atoms with E-state index in [0.717, 1.165) is 26.1 Å². The van der Waals surface area contributed by atoms with E-state index in [1.54, 1.807) is 6.07 Å². The monoisotopic (exact) mass is 220 g/mol. The Morgan fingerprint density at radius 3 is 3.06 bits per heavy atom. The van der Waals surface area contributed by atoms with Crippen molar-refractivity contribution in [1.82, 2.24) is 0 Å². The molecule has 1 aromatic rings. The van der Waals surface area contributed by atoms with Crippen LogP contribution in [0, 0.1) is 0 Å². The molecule has 1 unspecified atom stereocenters. The van der Waals surface area contributed by atoms with Gasteiger partial charge in [0.15, 0.2) is 0 Å². The van der Waals surface area contributed by atoms with Crippen LogP contribution >= 0.6 is 0 Å². The molecule has 1 aliphatic rings. The highest BCUT2D eigenvalue weighted by Gasteiger charge is 2.17. The summed E-state index contributed by atoms with van der Waals surface area (Å²) in [5.41, 5.74) is 1.79. The molecule has 16 heavy (non-hydrogen) atoms. The van der Waals surface area contributed by atoms with E-state index < -0.39 is 0 Å². The number of esters is 1. The third-order valence-corrected chi connectivity index (χ3v) is 2.94. The van der Waals surface area contributed by atoms with E-state index >= 15 is 0 Å². The van der Waals surface area contributed by atoms with Gasteiger partial charge in [0.2, 0.25) is 0 Å². The molecule has 2 rings (SSSR count). The number of hydrogen-bond donors (Lipinski definition) is 0. The Balaban J connectivity index is 2.17. The van der Waals surface area contributed by atoms with Crippen LogP contribution in [-0.4, -0.2) is 26.3 Å². The lowest BCUT2D eigenvalue weighted by Gasteiger charge is -2.22. The fourth-order valence-electron chi connectivity index (χ4n) is 2.04. The van der Waals surface area contributed by atoms with Gasteiger partial charge in [0.25, 0.3) is 0 Å². The van der Waals surface area contributed by atoms with Gasteiger partial charge in [0.1, 0.15) is 0 Å². The normalized spacial score (nSPS) is 20.4. The Kier molecular flexibility index (Phi) is 3.57. The molecule has 1 heterocycles. The van der Waals surface area contributed by atoms with E-state index in [4.69, 9.17) is 9.47 Å². The standard InChI is InChI=1S/C13H16O3/c1-15-13(14)11-5-2-4-10(8-11)12-6-3-7-16-9-12/h2,4-5,8,12H,3,6-7,9H2,1H3. The van der Waals surface area contributed by atoms with Crippen molar-refractivity contribution >= 4 is 5.97 Å². The minimum Gasteiger partial charge on any atom is -0.465 e. The van der Waals surface area contributed by atoms with E-state index in [9.17, 15) is 4.79 Å². The van der Waals surface area contributed by atoms with Crippen LogP contribution in [0.15, 0.2) is 24.3 Å². The van der Waals surface area contributed by atoms with Gasteiger partial charge < -0.3 is 9.47 Å². The molecule has 1 fully saturated rings. The first kappa shape index (κ1) is 11.1. The molecular weight excluding hydrogens is 204 g/mol. The minimum atomic E-state index is -0.279. The number of rotatable bonds is 2. The van der Waals surface area contributed by atoms with Crippen molar-refractivity contribution < 1.29 is 14.3 Å². The first-order chi connectivity index (χ1) is 7.81. The van der Waals surface area contributed by atoms with Crippen molar-refractivity contribution in [2.45, 2.75) is 18.8 Å². The number of ether oxygens (including phenoxy) is 2. The average Bonchev–Trinajstić information content (AvgIpc) is 2.39. The minimum absolute atomic E-state index is 0.279. The summed E-state index contributed by atoms with van der Waals surface area (Å²) >= 11 is 0. The van der Waals surface area contributed by atoms with Crippen molar-refractivity contribution in [1.29, 1.82) is 0 Å². The maximum Gasteiger partial charge on any atom is 0.337 e. The van der Waals surface area contributed by atoms with Gasteiger partial charge in [-0.05, 0) is 30.5 Å². The first-order valence-corrected chi connectivity index (χ1v) is 5.57. The maximum absolute atomic E-state index is 11.4. The lowest BCUT2D eigenvalue weighted by molar-refractivity contribution is 0.0599. The summed E-state index contributed by atoms with van der Waals surface area (Å²) in [7, 11) is 1.40. The lowest BCUT2D eigenvalue weighted by atomic mass is 9.92. The van der Waals surface area contributed by atoms with Crippen molar-refractivity contribution in [3.63, 3.8) is 0 Å². The van der Waals surface area contributed by atoms with Crippen molar-refractivity contribution in [3.8, 4) is 0 Å². The van der Waals surface area contributed by atoms with E-state index in [0.29, 0.717) is 11.5 Å². The quantitative estimate of drug-likeness (QED) is 0.718. The highest BCUT2D eigenvalue weighted by Crippen LogP contribution is 2.25. The van der Waals surface area contributed by atoms with Crippen LogP contribution < -0.4 is 0 Å². The molecule has 0 radical (unpaired) electrons. The summed E-state index contributed by atoms with van der Waals surface area (Å²) in [6.07, 6.45) is 2.22. The predicted molar refractivity (Wildman–Crippen MR) is 60.6 cm³/mol. The van der Waals surface area contributed by atoms with Gasteiger partial charge in [-0.15, -0.1) is 0 Å². The van der Waals surface area contributed by atoms with Gasteiger partial charge >= 0.3 is 5.97 Å². The molecule has 86 valence electrons. The second-order valence-corrected chi connectivity index (χ2v) is 4.03. The third kappa shape index (κ3) is 2.42. The van der Waals surface area contributed by atoms with Crippen LogP contribution in [0.1, 0.15) is 34.7 Å². The molecule has 1 aromatic carbocycles. The number of hydrogen-bond acceptors (Lipinski definition) is 3. The zero-order valence-electron chi connectivity index (χ0n) is 9.44. The molecule has 0 bridgehead atoms. The molecule has 0 amide bonds. The van der Waals surface area contributed by atoms with Crippen LogP contribution in [0.25, 0.3) is 0 Å². The fraction of sp³-hybridized carbons (Fsp3) is 0.462. The number of methoxy groups -OCH3 is 1. The van der Waals surface area contributed by atoms with Gasteiger partial charge in [-0.25, -0.2) is 4.79 Å². The topological polar surface area (TPSA) is 35.5 Å². The van der Waals surface area contributed by atoms with Crippen molar-refractivity contribution in [3.05, 3.63) is 35.4 Å². The second kappa shape index (κ2) is 5.12. The summed E-state index contributed by atoms with van der Waals surface area (Å²) in [6, 6.07) is 7.63. The molecule has 1 saturated heterocycles. The van der Waals surface area contributed by atoms with Crippen LogP contribution in [0.4, 0.5) is 0 Å². The zero-order valence-corrected chi connectivity index (χ0v) is 9.44. The molecule has 0 aliphatic carbocycles. The smallest absolute Gasteiger partial charge is 0.337 e. The zero-order chi connectivity index (χ0) is 11.4. The molecule has 3 nitrogen and oxygen atoms in total. The Hall–Kier alpha value is -1.35. The van der Waals surface area contributed by atoms with Gasteiger partial charge in [-0.1, -0.05) is 12.1 Å². The summed E-state index contributed by atoms with van der Waals surface area (Å²) in [5, 5.41) is 0. The van der Waals surface area contributed by atoms with Crippen LogP contribution in [0.3, 0.4) is 0 Å². The van der Waals surface area contributed by atoms with Gasteiger partial charge in [0.05, 0.1) is 19.3 Å². The summed E-state index contributed by atoms with van der Waals surface area (Å²) < 4.78 is 10.2. The highest BCUT2D eigenvalue weighted by atomic mass is 16.5. The molecule has 1 atom stereocenters. The van der Waals surface area contributed by atoms with Gasteiger partial charge in [0, 0.05) is 12.5 Å². The number of carbonyl (C=O) groups excluding carboxylic acids is 1. The largest absolute Gasteiger partial charge is 0.465 e. The molecule has 0 N–H and O–H groups in total. The van der Waals surface area contributed by atoms with Crippen LogP contribution in [0.2, 0.25) is 0 Å². The Morgan fingerprint density at radius 1 is 1.50 bits per heavy atom. The van der Waals surface area contributed by atoms with E-state index in [1.165, 1.54) is 12.7 Å². The van der Waals surface area contributed by atoms with Crippen molar-refractivity contribution in [2.24, 2.45) is 0 Å². The molecular formula is C13H16O3. The highest BCUT2D eigenvalue weighted by molar-refractivity contribution is 5.89. The summed E-state index contributed by atoms with van der Waals surface area (Å²) in [6.45, 7) is 1.61.